The normalized spacial score (nSPS) is 21.1. The van der Waals surface area contributed by atoms with Gasteiger partial charge < -0.3 is 19.3 Å². The van der Waals surface area contributed by atoms with Gasteiger partial charge in [-0.3, -0.25) is 9.59 Å². The number of ether oxygens (including phenoxy) is 2. The topological polar surface area (TPSA) is 59.1 Å². The van der Waals surface area contributed by atoms with Crippen molar-refractivity contribution in [2.75, 3.05) is 39.4 Å². The number of rotatable bonds is 6. The van der Waals surface area contributed by atoms with Crippen molar-refractivity contribution in [1.29, 1.82) is 0 Å². The lowest BCUT2D eigenvalue weighted by Gasteiger charge is -2.36. The molecule has 2 aromatic rings. The molecule has 2 aromatic carbocycles. The molecule has 0 spiro atoms. The van der Waals surface area contributed by atoms with Gasteiger partial charge in [0.1, 0.15) is 0 Å². The minimum absolute atomic E-state index is 0.0390. The predicted molar refractivity (Wildman–Crippen MR) is 118 cm³/mol. The van der Waals surface area contributed by atoms with Crippen molar-refractivity contribution in [2.24, 2.45) is 0 Å². The lowest BCUT2D eigenvalue weighted by Crippen LogP contribution is -2.51. The standard InChI is InChI=1S/C24H27ClN2O4/c25-22-11-5-4-10-21(22)24(29)26-12-14-31-20(16-26)17-27(15-19-9-6-13-30-19)23(28)18-7-2-1-3-8-18/h1-5,7-8,10-11,19-20H,6,9,12-17H2. The maximum Gasteiger partial charge on any atom is 0.255 e. The summed E-state index contributed by atoms with van der Waals surface area (Å²) in [6.07, 6.45) is 1.73. The second-order valence-electron chi connectivity index (χ2n) is 7.94. The summed E-state index contributed by atoms with van der Waals surface area (Å²) in [5.41, 5.74) is 1.13. The monoisotopic (exact) mass is 442 g/mol. The van der Waals surface area contributed by atoms with Gasteiger partial charge >= 0.3 is 0 Å². The molecule has 164 valence electrons. The third-order valence-electron chi connectivity index (χ3n) is 5.71. The molecule has 0 aromatic heterocycles. The van der Waals surface area contributed by atoms with Crippen LogP contribution < -0.4 is 0 Å². The van der Waals surface area contributed by atoms with E-state index < -0.39 is 0 Å². The molecule has 0 N–H and O–H groups in total. The van der Waals surface area contributed by atoms with E-state index in [1.54, 1.807) is 34.1 Å². The number of benzene rings is 2. The highest BCUT2D eigenvalue weighted by Gasteiger charge is 2.30. The van der Waals surface area contributed by atoms with Gasteiger partial charge in [0.05, 0.1) is 29.4 Å². The molecule has 2 unspecified atom stereocenters. The van der Waals surface area contributed by atoms with Gasteiger partial charge in [-0.25, -0.2) is 0 Å². The number of nitrogens with zero attached hydrogens (tertiary/aromatic N) is 2. The van der Waals surface area contributed by atoms with Gasteiger partial charge in [-0.05, 0) is 37.1 Å². The first-order valence-electron chi connectivity index (χ1n) is 10.7. The molecule has 0 bridgehead atoms. The third-order valence-corrected chi connectivity index (χ3v) is 6.04. The molecule has 6 nitrogen and oxygen atoms in total. The highest BCUT2D eigenvalue weighted by Crippen LogP contribution is 2.20. The van der Waals surface area contributed by atoms with E-state index in [1.807, 2.05) is 30.3 Å². The number of carbonyl (C=O) groups excluding carboxylic acids is 2. The molecule has 2 saturated heterocycles. The molecule has 2 fully saturated rings. The average molecular weight is 443 g/mol. The van der Waals surface area contributed by atoms with Gasteiger partial charge in [0.15, 0.2) is 0 Å². The lowest BCUT2D eigenvalue weighted by atomic mass is 10.1. The van der Waals surface area contributed by atoms with E-state index in [2.05, 4.69) is 0 Å². The van der Waals surface area contributed by atoms with Crippen LogP contribution in [0.25, 0.3) is 0 Å². The first-order valence-corrected chi connectivity index (χ1v) is 11.1. The maximum atomic E-state index is 13.2. The van der Waals surface area contributed by atoms with Crippen molar-refractivity contribution in [3.63, 3.8) is 0 Å². The minimum atomic E-state index is -0.269. The zero-order valence-corrected chi connectivity index (χ0v) is 18.2. The number of hydrogen-bond acceptors (Lipinski definition) is 4. The molecule has 2 atom stereocenters. The fourth-order valence-corrected chi connectivity index (χ4v) is 4.32. The summed E-state index contributed by atoms with van der Waals surface area (Å²) in [4.78, 5) is 29.7. The first kappa shape index (κ1) is 21.8. The first-order chi connectivity index (χ1) is 15.1. The van der Waals surface area contributed by atoms with Gasteiger partial charge in [0, 0.05) is 38.3 Å². The molecular weight excluding hydrogens is 416 g/mol. The van der Waals surface area contributed by atoms with E-state index in [4.69, 9.17) is 21.1 Å². The van der Waals surface area contributed by atoms with Crippen molar-refractivity contribution in [3.8, 4) is 0 Å². The second-order valence-corrected chi connectivity index (χ2v) is 8.34. The van der Waals surface area contributed by atoms with E-state index >= 15 is 0 Å². The summed E-state index contributed by atoms with van der Waals surface area (Å²) >= 11 is 6.22. The Hall–Kier alpha value is -2.41. The van der Waals surface area contributed by atoms with Crippen LogP contribution in [0.2, 0.25) is 5.02 Å². The molecular formula is C24H27ClN2O4. The Labute approximate surface area is 187 Å². The lowest BCUT2D eigenvalue weighted by molar-refractivity contribution is -0.0375. The summed E-state index contributed by atoms with van der Waals surface area (Å²) in [6.45, 7) is 2.99. The van der Waals surface area contributed by atoms with Crippen molar-refractivity contribution >= 4 is 23.4 Å². The van der Waals surface area contributed by atoms with Crippen molar-refractivity contribution in [3.05, 3.63) is 70.7 Å². The van der Waals surface area contributed by atoms with Crippen LogP contribution in [-0.2, 0) is 9.47 Å². The Morgan fingerprint density at radius 1 is 0.968 bits per heavy atom. The Morgan fingerprint density at radius 3 is 2.42 bits per heavy atom. The molecule has 2 aliphatic heterocycles. The summed E-state index contributed by atoms with van der Waals surface area (Å²) in [5.74, 6) is -0.159. The smallest absolute Gasteiger partial charge is 0.255 e. The van der Waals surface area contributed by atoms with Crippen LogP contribution in [0.4, 0.5) is 0 Å². The molecule has 4 rings (SSSR count). The number of carbonyl (C=O) groups is 2. The van der Waals surface area contributed by atoms with Crippen LogP contribution in [0.15, 0.2) is 54.6 Å². The largest absolute Gasteiger partial charge is 0.376 e. The van der Waals surface area contributed by atoms with Crippen LogP contribution >= 0.6 is 11.6 Å². The SMILES string of the molecule is O=C(c1ccccc1)N(CC1CCCO1)CC1CN(C(=O)c2ccccc2Cl)CCO1. The van der Waals surface area contributed by atoms with Crippen LogP contribution in [0, 0.1) is 0 Å². The van der Waals surface area contributed by atoms with Gasteiger partial charge in [0.2, 0.25) is 0 Å². The van der Waals surface area contributed by atoms with Crippen molar-refractivity contribution in [2.45, 2.75) is 25.0 Å². The van der Waals surface area contributed by atoms with Crippen molar-refractivity contribution in [1.82, 2.24) is 9.80 Å². The van der Waals surface area contributed by atoms with Crippen LogP contribution in [-0.4, -0.2) is 73.2 Å². The number of halogens is 1. The second kappa shape index (κ2) is 10.3. The van der Waals surface area contributed by atoms with E-state index in [-0.39, 0.29) is 24.0 Å². The van der Waals surface area contributed by atoms with E-state index in [0.717, 1.165) is 19.4 Å². The summed E-state index contributed by atoms with van der Waals surface area (Å²) < 4.78 is 11.7. The third kappa shape index (κ3) is 5.45. The van der Waals surface area contributed by atoms with Gasteiger partial charge in [-0.15, -0.1) is 0 Å². The molecule has 2 heterocycles. The highest BCUT2D eigenvalue weighted by molar-refractivity contribution is 6.33. The predicted octanol–water partition coefficient (Wildman–Crippen LogP) is 3.50. The van der Waals surface area contributed by atoms with Gasteiger partial charge in [0.25, 0.3) is 11.8 Å². The highest BCUT2D eigenvalue weighted by atomic mass is 35.5. The van der Waals surface area contributed by atoms with Gasteiger partial charge in [-0.2, -0.15) is 0 Å². The summed E-state index contributed by atoms with van der Waals surface area (Å²) in [7, 11) is 0. The summed E-state index contributed by atoms with van der Waals surface area (Å²) in [6, 6.07) is 16.3. The van der Waals surface area contributed by atoms with E-state index in [0.29, 0.717) is 48.9 Å². The number of hydrogen-bond donors (Lipinski definition) is 0. The fourth-order valence-electron chi connectivity index (χ4n) is 4.10. The zero-order valence-electron chi connectivity index (χ0n) is 17.4. The maximum absolute atomic E-state index is 13.2. The molecule has 31 heavy (non-hydrogen) atoms. The Balaban J connectivity index is 1.46. The Morgan fingerprint density at radius 2 is 1.68 bits per heavy atom. The molecule has 2 aliphatic rings. The molecule has 0 aliphatic carbocycles. The molecule has 0 saturated carbocycles. The number of morpholine rings is 1. The number of amides is 2. The van der Waals surface area contributed by atoms with Crippen LogP contribution in [0.1, 0.15) is 33.6 Å². The molecule has 0 radical (unpaired) electrons. The average Bonchev–Trinajstić information content (AvgIpc) is 3.32. The van der Waals surface area contributed by atoms with Crippen LogP contribution in [0.3, 0.4) is 0 Å². The Bertz CT molecular complexity index is 901. The van der Waals surface area contributed by atoms with E-state index in [9.17, 15) is 9.59 Å². The molecule has 7 heteroatoms. The molecule has 2 amide bonds. The Kier molecular flexibility index (Phi) is 7.22. The zero-order chi connectivity index (χ0) is 21.6. The van der Waals surface area contributed by atoms with E-state index in [1.165, 1.54) is 0 Å². The van der Waals surface area contributed by atoms with Crippen LogP contribution in [0.5, 0.6) is 0 Å². The quantitative estimate of drug-likeness (QED) is 0.687. The summed E-state index contributed by atoms with van der Waals surface area (Å²) in [5, 5.41) is 0.440. The van der Waals surface area contributed by atoms with Crippen molar-refractivity contribution < 1.29 is 19.1 Å². The fraction of sp³-hybridized carbons (Fsp3) is 0.417. The van der Waals surface area contributed by atoms with Gasteiger partial charge in [-0.1, -0.05) is 41.9 Å². The minimum Gasteiger partial charge on any atom is -0.376 e.